The van der Waals surface area contributed by atoms with Gasteiger partial charge in [-0.2, -0.15) is 0 Å². The minimum absolute atomic E-state index is 0.127. The van der Waals surface area contributed by atoms with Crippen molar-refractivity contribution in [1.29, 1.82) is 0 Å². The van der Waals surface area contributed by atoms with E-state index in [4.69, 9.17) is 9.47 Å². The lowest BCUT2D eigenvalue weighted by molar-refractivity contribution is 0.0825. The number of carbonyl (C=O) groups excluding carboxylic acids is 1. The van der Waals surface area contributed by atoms with Crippen molar-refractivity contribution in [2.45, 2.75) is 76.2 Å². The van der Waals surface area contributed by atoms with Gasteiger partial charge in [0.05, 0.1) is 12.1 Å². The summed E-state index contributed by atoms with van der Waals surface area (Å²) >= 11 is 0. The third-order valence-corrected chi connectivity index (χ3v) is 5.63. The number of aromatic nitrogens is 1. The Morgan fingerprint density at radius 2 is 2.04 bits per heavy atom. The fourth-order valence-electron chi connectivity index (χ4n) is 4.04. The minimum atomic E-state index is -0.127. The first-order valence-corrected chi connectivity index (χ1v) is 10.1. The Morgan fingerprint density at radius 3 is 2.85 bits per heavy atom. The SMILES string of the molecule is O=C(NCc1ccnc(OC2CCCCC2)c1)NC1CCOC1C1CC1. The summed E-state index contributed by atoms with van der Waals surface area (Å²) in [6, 6.07) is 3.86. The van der Waals surface area contributed by atoms with Crippen molar-refractivity contribution in [3.05, 3.63) is 23.9 Å². The van der Waals surface area contributed by atoms with Gasteiger partial charge in [-0.25, -0.2) is 9.78 Å². The van der Waals surface area contributed by atoms with Crippen molar-refractivity contribution in [1.82, 2.24) is 15.6 Å². The van der Waals surface area contributed by atoms with Crippen LogP contribution in [0, 0.1) is 5.92 Å². The van der Waals surface area contributed by atoms with E-state index in [0.29, 0.717) is 18.3 Å². The molecule has 2 amide bonds. The summed E-state index contributed by atoms with van der Waals surface area (Å²) in [6.45, 7) is 1.22. The number of nitrogens with zero attached hydrogens (tertiary/aromatic N) is 1. The molecule has 3 fully saturated rings. The Hall–Kier alpha value is -1.82. The number of amides is 2. The van der Waals surface area contributed by atoms with Crippen LogP contribution in [-0.4, -0.2) is 35.9 Å². The Labute approximate surface area is 155 Å². The van der Waals surface area contributed by atoms with Gasteiger partial charge in [0.2, 0.25) is 5.88 Å². The zero-order chi connectivity index (χ0) is 17.8. The highest BCUT2D eigenvalue weighted by Gasteiger charge is 2.41. The molecule has 6 nitrogen and oxygen atoms in total. The molecule has 0 bridgehead atoms. The van der Waals surface area contributed by atoms with Crippen molar-refractivity contribution in [3.8, 4) is 5.88 Å². The summed E-state index contributed by atoms with van der Waals surface area (Å²) < 4.78 is 11.8. The van der Waals surface area contributed by atoms with E-state index in [1.54, 1.807) is 6.20 Å². The smallest absolute Gasteiger partial charge is 0.315 e. The molecule has 4 rings (SSSR count). The molecule has 1 saturated heterocycles. The molecule has 26 heavy (non-hydrogen) atoms. The number of rotatable bonds is 6. The second-order valence-electron chi connectivity index (χ2n) is 7.78. The molecule has 1 aromatic rings. The van der Waals surface area contributed by atoms with E-state index in [1.165, 1.54) is 32.1 Å². The van der Waals surface area contributed by atoms with E-state index in [9.17, 15) is 4.79 Å². The molecule has 2 N–H and O–H groups in total. The highest BCUT2D eigenvalue weighted by Crippen LogP contribution is 2.38. The van der Waals surface area contributed by atoms with Crippen molar-refractivity contribution in [3.63, 3.8) is 0 Å². The third-order valence-electron chi connectivity index (χ3n) is 5.63. The number of nitrogens with one attached hydrogen (secondary N) is 2. The predicted octanol–water partition coefficient (Wildman–Crippen LogP) is 3.16. The fourth-order valence-corrected chi connectivity index (χ4v) is 4.04. The van der Waals surface area contributed by atoms with Gasteiger partial charge in [0, 0.05) is 25.4 Å². The van der Waals surface area contributed by atoms with E-state index in [0.717, 1.165) is 31.4 Å². The first-order chi connectivity index (χ1) is 12.8. The van der Waals surface area contributed by atoms with Gasteiger partial charge in [0.25, 0.3) is 0 Å². The van der Waals surface area contributed by atoms with Crippen LogP contribution in [0.4, 0.5) is 4.79 Å². The monoisotopic (exact) mass is 359 g/mol. The van der Waals surface area contributed by atoms with Crippen LogP contribution in [0.2, 0.25) is 0 Å². The lowest BCUT2D eigenvalue weighted by Gasteiger charge is -2.22. The molecule has 2 saturated carbocycles. The topological polar surface area (TPSA) is 72.5 Å². The van der Waals surface area contributed by atoms with Crippen molar-refractivity contribution < 1.29 is 14.3 Å². The van der Waals surface area contributed by atoms with Crippen LogP contribution in [0.3, 0.4) is 0 Å². The summed E-state index contributed by atoms with van der Waals surface area (Å²) in [4.78, 5) is 16.6. The molecule has 0 radical (unpaired) electrons. The van der Waals surface area contributed by atoms with E-state index >= 15 is 0 Å². The molecular formula is C20H29N3O3. The molecule has 3 aliphatic rings. The maximum Gasteiger partial charge on any atom is 0.315 e. The second kappa shape index (κ2) is 8.25. The highest BCUT2D eigenvalue weighted by molar-refractivity contribution is 5.74. The van der Waals surface area contributed by atoms with E-state index in [1.807, 2.05) is 12.1 Å². The number of urea groups is 1. The third kappa shape index (κ3) is 4.67. The largest absolute Gasteiger partial charge is 0.474 e. The van der Waals surface area contributed by atoms with Crippen LogP contribution in [-0.2, 0) is 11.3 Å². The van der Waals surface area contributed by atoms with Crippen LogP contribution in [0.5, 0.6) is 5.88 Å². The van der Waals surface area contributed by atoms with E-state index in [-0.39, 0.29) is 24.3 Å². The highest BCUT2D eigenvalue weighted by atomic mass is 16.5. The lowest BCUT2D eigenvalue weighted by Crippen LogP contribution is -2.46. The van der Waals surface area contributed by atoms with Crippen LogP contribution in [0.25, 0.3) is 0 Å². The van der Waals surface area contributed by atoms with Gasteiger partial charge in [-0.3, -0.25) is 0 Å². The molecule has 2 atom stereocenters. The maximum atomic E-state index is 12.2. The number of hydrogen-bond donors (Lipinski definition) is 2. The van der Waals surface area contributed by atoms with Crippen molar-refractivity contribution in [2.24, 2.45) is 5.92 Å². The average molecular weight is 359 g/mol. The molecule has 2 aliphatic carbocycles. The summed E-state index contributed by atoms with van der Waals surface area (Å²) in [5.74, 6) is 1.30. The van der Waals surface area contributed by atoms with Crippen LogP contribution in [0.15, 0.2) is 18.3 Å². The van der Waals surface area contributed by atoms with Crippen LogP contribution < -0.4 is 15.4 Å². The fraction of sp³-hybridized carbons (Fsp3) is 0.700. The van der Waals surface area contributed by atoms with Gasteiger partial charge < -0.3 is 20.1 Å². The zero-order valence-electron chi connectivity index (χ0n) is 15.3. The first-order valence-electron chi connectivity index (χ1n) is 10.1. The molecule has 2 heterocycles. The summed E-state index contributed by atoms with van der Waals surface area (Å²) in [6.07, 6.45) is 11.6. The Morgan fingerprint density at radius 1 is 1.19 bits per heavy atom. The van der Waals surface area contributed by atoms with Gasteiger partial charge in [-0.15, -0.1) is 0 Å². The predicted molar refractivity (Wildman–Crippen MR) is 98.0 cm³/mol. The first kappa shape index (κ1) is 17.6. The quantitative estimate of drug-likeness (QED) is 0.818. The number of carbonyl (C=O) groups is 1. The summed E-state index contributed by atoms with van der Waals surface area (Å²) in [5, 5.41) is 6.03. The molecule has 142 valence electrons. The Balaban J connectivity index is 1.24. The van der Waals surface area contributed by atoms with Gasteiger partial charge in [-0.1, -0.05) is 6.42 Å². The molecule has 6 heteroatoms. The number of pyridine rings is 1. The maximum absolute atomic E-state index is 12.2. The second-order valence-corrected chi connectivity index (χ2v) is 7.78. The average Bonchev–Trinajstić information content (AvgIpc) is 3.41. The van der Waals surface area contributed by atoms with Gasteiger partial charge in [0.15, 0.2) is 0 Å². The molecule has 1 aliphatic heterocycles. The Bertz CT molecular complexity index is 614. The zero-order valence-corrected chi connectivity index (χ0v) is 15.3. The summed E-state index contributed by atoms with van der Waals surface area (Å²) in [5.41, 5.74) is 1.00. The van der Waals surface area contributed by atoms with E-state index < -0.39 is 0 Å². The minimum Gasteiger partial charge on any atom is -0.474 e. The van der Waals surface area contributed by atoms with Crippen molar-refractivity contribution in [2.75, 3.05) is 6.61 Å². The Kier molecular flexibility index (Phi) is 5.58. The van der Waals surface area contributed by atoms with Gasteiger partial charge >= 0.3 is 6.03 Å². The standard InChI is InChI=1S/C20H29N3O3/c24-20(23-17-9-11-25-19(17)15-6-7-15)22-13-14-8-10-21-18(12-14)26-16-4-2-1-3-5-16/h8,10,12,15-17,19H,1-7,9,11,13H2,(H2,22,23,24). The van der Waals surface area contributed by atoms with E-state index in [2.05, 4.69) is 15.6 Å². The van der Waals surface area contributed by atoms with Gasteiger partial charge in [0.1, 0.15) is 6.10 Å². The van der Waals surface area contributed by atoms with Gasteiger partial charge in [-0.05, 0) is 62.5 Å². The number of hydrogen-bond acceptors (Lipinski definition) is 4. The molecular weight excluding hydrogens is 330 g/mol. The van der Waals surface area contributed by atoms with Crippen LogP contribution >= 0.6 is 0 Å². The normalized spacial score (nSPS) is 26.5. The molecule has 0 spiro atoms. The van der Waals surface area contributed by atoms with Crippen LogP contribution in [0.1, 0.15) is 56.9 Å². The molecule has 2 unspecified atom stereocenters. The number of ether oxygens (including phenoxy) is 2. The molecule has 0 aromatic carbocycles. The molecule has 1 aromatic heterocycles. The summed E-state index contributed by atoms with van der Waals surface area (Å²) in [7, 11) is 0. The lowest BCUT2D eigenvalue weighted by atomic mass is 9.98. The van der Waals surface area contributed by atoms with Crippen molar-refractivity contribution >= 4 is 6.03 Å².